The Bertz CT molecular complexity index is 440. The number of hydrogen-bond donors (Lipinski definition) is 2. The fourth-order valence-electron chi connectivity index (χ4n) is 1.37. The smallest absolute Gasteiger partial charge is 0.261 e. The Morgan fingerprint density at radius 2 is 2.35 bits per heavy atom. The number of oxime groups is 1. The van der Waals surface area contributed by atoms with Crippen molar-refractivity contribution < 1.29 is 9.94 Å². The average molecular weight is 239 g/mol. The molecule has 0 bridgehead atoms. The second kappa shape index (κ2) is 6.70. The molecule has 0 unspecified atom stereocenters. The van der Waals surface area contributed by atoms with Gasteiger partial charge in [-0.2, -0.15) is 0 Å². The third kappa shape index (κ3) is 3.60. The molecule has 0 aliphatic heterocycles. The Hall–Kier alpha value is -1.82. The number of nitrogens with two attached hydrogens (primary N) is 1. The molecule has 0 aromatic carbocycles. The molecule has 0 spiro atoms. The van der Waals surface area contributed by atoms with Gasteiger partial charge in [-0.05, 0) is 18.6 Å². The molecule has 1 heterocycles. The molecule has 0 atom stereocenters. The number of rotatable bonds is 6. The molecule has 1 aromatic heterocycles. The Balaban J connectivity index is 2.77. The molecule has 0 saturated carbocycles. The topological polar surface area (TPSA) is 89.8 Å². The molecule has 0 aliphatic carbocycles. The molecular weight excluding hydrogens is 222 g/mol. The van der Waals surface area contributed by atoms with Gasteiger partial charge in [0.15, 0.2) is 5.84 Å². The van der Waals surface area contributed by atoms with E-state index in [0.29, 0.717) is 19.8 Å². The first kappa shape index (κ1) is 13.2. The number of aromatic nitrogens is 1. The van der Waals surface area contributed by atoms with Gasteiger partial charge in [0.25, 0.3) is 5.56 Å². The quantitative estimate of drug-likeness (QED) is 0.247. The van der Waals surface area contributed by atoms with Gasteiger partial charge in [-0.1, -0.05) is 12.1 Å². The zero-order valence-electron chi connectivity index (χ0n) is 9.80. The normalized spacial score (nSPS) is 11.7. The molecule has 1 aromatic rings. The van der Waals surface area contributed by atoms with Gasteiger partial charge >= 0.3 is 0 Å². The summed E-state index contributed by atoms with van der Waals surface area (Å²) >= 11 is 0. The van der Waals surface area contributed by atoms with Crippen molar-refractivity contribution >= 4 is 5.84 Å². The van der Waals surface area contributed by atoms with Gasteiger partial charge in [-0.3, -0.25) is 4.79 Å². The van der Waals surface area contributed by atoms with Crippen LogP contribution in [0.25, 0.3) is 0 Å². The van der Waals surface area contributed by atoms with Crippen molar-refractivity contribution in [2.75, 3.05) is 13.2 Å². The third-order valence-electron chi connectivity index (χ3n) is 2.23. The zero-order chi connectivity index (χ0) is 12.7. The summed E-state index contributed by atoms with van der Waals surface area (Å²) in [6.07, 6.45) is 2.59. The van der Waals surface area contributed by atoms with Crippen LogP contribution in [0.2, 0.25) is 0 Å². The summed E-state index contributed by atoms with van der Waals surface area (Å²) in [6.45, 7) is 3.61. The van der Waals surface area contributed by atoms with Gasteiger partial charge in [-0.25, -0.2) is 0 Å². The third-order valence-corrected chi connectivity index (χ3v) is 2.23. The maximum Gasteiger partial charge on any atom is 0.261 e. The minimum atomic E-state index is -0.289. The van der Waals surface area contributed by atoms with E-state index in [0.717, 1.165) is 6.42 Å². The van der Waals surface area contributed by atoms with Crippen LogP contribution in [0.3, 0.4) is 0 Å². The van der Waals surface area contributed by atoms with Crippen LogP contribution >= 0.6 is 0 Å². The molecular formula is C11H17N3O3. The van der Waals surface area contributed by atoms with Crippen LogP contribution in [0.4, 0.5) is 0 Å². The van der Waals surface area contributed by atoms with Gasteiger partial charge in [-0.15, -0.1) is 0 Å². The highest BCUT2D eigenvalue weighted by Gasteiger charge is 2.06. The molecule has 6 nitrogen and oxygen atoms in total. The molecule has 0 aliphatic rings. The van der Waals surface area contributed by atoms with E-state index in [2.05, 4.69) is 5.16 Å². The van der Waals surface area contributed by atoms with Crippen molar-refractivity contribution in [2.45, 2.75) is 19.9 Å². The van der Waals surface area contributed by atoms with Crippen molar-refractivity contribution in [3.8, 4) is 0 Å². The Kier molecular flexibility index (Phi) is 5.22. The number of amidine groups is 1. The minimum Gasteiger partial charge on any atom is -0.409 e. The highest BCUT2D eigenvalue weighted by atomic mass is 16.5. The second-order valence-electron chi connectivity index (χ2n) is 3.52. The van der Waals surface area contributed by atoms with Crippen molar-refractivity contribution in [1.82, 2.24) is 4.57 Å². The molecule has 6 heteroatoms. The van der Waals surface area contributed by atoms with Crippen LogP contribution in [-0.4, -0.2) is 28.8 Å². The van der Waals surface area contributed by atoms with Crippen LogP contribution in [0.15, 0.2) is 28.3 Å². The highest BCUT2D eigenvalue weighted by Crippen LogP contribution is 1.92. The van der Waals surface area contributed by atoms with E-state index in [4.69, 9.17) is 15.7 Å². The van der Waals surface area contributed by atoms with E-state index in [9.17, 15) is 4.79 Å². The Labute approximate surface area is 99.3 Å². The fraction of sp³-hybridized carbons (Fsp3) is 0.455. The molecule has 17 heavy (non-hydrogen) atoms. The average Bonchev–Trinajstić information content (AvgIpc) is 2.35. The molecule has 0 fully saturated rings. The molecule has 3 N–H and O–H groups in total. The summed E-state index contributed by atoms with van der Waals surface area (Å²) in [5.41, 5.74) is 5.29. The van der Waals surface area contributed by atoms with E-state index < -0.39 is 0 Å². The molecule has 0 amide bonds. The monoisotopic (exact) mass is 239 g/mol. The van der Waals surface area contributed by atoms with E-state index >= 15 is 0 Å². The van der Waals surface area contributed by atoms with E-state index in [1.807, 2.05) is 6.92 Å². The largest absolute Gasteiger partial charge is 0.409 e. The van der Waals surface area contributed by atoms with Gasteiger partial charge in [0.05, 0.1) is 12.2 Å². The lowest BCUT2D eigenvalue weighted by Crippen LogP contribution is -2.30. The predicted octanol–water partition coefficient (Wildman–Crippen LogP) is 0.369. The maximum absolute atomic E-state index is 11.9. The summed E-state index contributed by atoms with van der Waals surface area (Å²) in [5, 5.41) is 11.4. The summed E-state index contributed by atoms with van der Waals surface area (Å²) < 4.78 is 6.77. The van der Waals surface area contributed by atoms with Gasteiger partial charge in [0.2, 0.25) is 0 Å². The van der Waals surface area contributed by atoms with Crippen LogP contribution in [0.1, 0.15) is 18.9 Å². The Morgan fingerprint density at radius 1 is 1.59 bits per heavy atom. The minimum absolute atomic E-state index is 0.182. The molecule has 0 saturated heterocycles. The van der Waals surface area contributed by atoms with Crippen molar-refractivity contribution in [1.29, 1.82) is 0 Å². The van der Waals surface area contributed by atoms with Crippen LogP contribution in [0.5, 0.6) is 0 Å². The number of ether oxygens (including phenoxy) is 1. The summed E-state index contributed by atoms with van der Waals surface area (Å²) in [5.74, 6) is -0.182. The molecule has 1 rings (SSSR count). The fourth-order valence-corrected chi connectivity index (χ4v) is 1.37. The predicted molar refractivity (Wildman–Crippen MR) is 64.3 cm³/mol. The SMILES string of the molecule is CCCOCCn1cccc(/C(N)=N/O)c1=O. The maximum atomic E-state index is 11.9. The van der Waals surface area contributed by atoms with Crippen LogP contribution < -0.4 is 11.3 Å². The van der Waals surface area contributed by atoms with E-state index in [-0.39, 0.29) is 17.0 Å². The van der Waals surface area contributed by atoms with Crippen LogP contribution in [-0.2, 0) is 11.3 Å². The standard InChI is InChI=1S/C11H17N3O3/c1-2-7-17-8-6-14-5-3-4-9(11(14)15)10(12)13-16/h3-5,16H,2,6-8H2,1H3,(H2,12,13). The highest BCUT2D eigenvalue weighted by molar-refractivity contribution is 5.96. The first-order valence-electron chi connectivity index (χ1n) is 5.45. The lowest BCUT2D eigenvalue weighted by molar-refractivity contribution is 0.126. The van der Waals surface area contributed by atoms with E-state index in [1.54, 1.807) is 12.3 Å². The molecule has 94 valence electrons. The number of nitrogens with zero attached hydrogens (tertiary/aromatic N) is 2. The van der Waals surface area contributed by atoms with Crippen molar-refractivity contribution in [3.63, 3.8) is 0 Å². The van der Waals surface area contributed by atoms with Gasteiger partial charge < -0.3 is 20.2 Å². The van der Waals surface area contributed by atoms with E-state index in [1.165, 1.54) is 10.6 Å². The summed E-state index contributed by atoms with van der Waals surface area (Å²) in [7, 11) is 0. The summed E-state index contributed by atoms with van der Waals surface area (Å²) in [6, 6.07) is 3.19. The Morgan fingerprint density at radius 3 is 3.00 bits per heavy atom. The second-order valence-corrected chi connectivity index (χ2v) is 3.52. The summed E-state index contributed by atoms with van der Waals surface area (Å²) in [4.78, 5) is 11.9. The number of pyridine rings is 1. The van der Waals surface area contributed by atoms with Crippen molar-refractivity contribution in [2.24, 2.45) is 10.9 Å². The molecule has 0 radical (unpaired) electrons. The lowest BCUT2D eigenvalue weighted by Gasteiger charge is -2.07. The van der Waals surface area contributed by atoms with Gasteiger partial charge in [0, 0.05) is 19.3 Å². The van der Waals surface area contributed by atoms with Gasteiger partial charge in [0.1, 0.15) is 0 Å². The zero-order valence-corrected chi connectivity index (χ0v) is 9.80. The van der Waals surface area contributed by atoms with Crippen LogP contribution in [0, 0.1) is 0 Å². The number of hydrogen-bond acceptors (Lipinski definition) is 4. The first-order chi connectivity index (χ1) is 8.20. The van der Waals surface area contributed by atoms with Crippen molar-refractivity contribution in [3.05, 3.63) is 34.2 Å². The first-order valence-corrected chi connectivity index (χ1v) is 5.45. The lowest BCUT2D eigenvalue weighted by atomic mass is 10.2.